The first-order valence-corrected chi connectivity index (χ1v) is 10.3. The highest BCUT2D eigenvalue weighted by atomic mass is 32.2. The first kappa shape index (κ1) is 20.1. The van der Waals surface area contributed by atoms with Gasteiger partial charge in [0.05, 0.1) is 12.0 Å². The normalized spacial score (nSPS) is 28.5. The standard InChI is InChI=1S/C17H21F3N2O4S/c1-3-16(15(23)26-4-2)10-11-7-8-13(16)22(11)27(24,25)12-6-5-9-21-14(12)17(18,19)20/h5-6,9,11,13H,3-4,7-8,10H2,1-2H3/t11-,13+,16+/m0/s1. The second-order valence-electron chi connectivity index (χ2n) is 6.86. The molecule has 27 heavy (non-hydrogen) atoms. The average Bonchev–Trinajstić information content (AvgIpc) is 3.18. The number of nitrogens with zero attached hydrogens (tertiary/aromatic N) is 2. The number of alkyl halides is 3. The van der Waals surface area contributed by atoms with E-state index in [4.69, 9.17) is 4.74 Å². The van der Waals surface area contributed by atoms with Gasteiger partial charge in [-0.2, -0.15) is 17.5 Å². The lowest BCUT2D eigenvalue weighted by Crippen LogP contribution is -2.45. The van der Waals surface area contributed by atoms with Crippen molar-refractivity contribution >= 4 is 16.0 Å². The molecule has 2 saturated heterocycles. The van der Waals surface area contributed by atoms with Crippen LogP contribution in [0, 0.1) is 5.41 Å². The molecule has 0 unspecified atom stereocenters. The van der Waals surface area contributed by atoms with E-state index in [0.29, 0.717) is 19.3 Å². The summed E-state index contributed by atoms with van der Waals surface area (Å²) in [4.78, 5) is 15.0. The van der Waals surface area contributed by atoms with Crippen LogP contribution in [-0.2, 0) is 25.7 Å². The molecule has 0 aliphatic carbocycles. The van der Waals surface area contributed by atoms with E-state index in [0.717, 1.165) is 16.6 Å². The highest BCUT2D eigenvalue weighted by Gasteiger charge is 2.63. The van der Waals surface area contributed by atoms with Crippen molar-refractivity contribution in [1.82, 2.24) is 9.29 Å². The smallest absolute Gasteiger partial charge is 0.434 e. The molecule has 0 amide bonds. The fourth-order valence-electron chi connectivity index (χ4n) is 4.44. The fraction of sp³-hybridized carbons (Fsp3) is 0.647. The Morgan fingerprint density at radius 3 is 2.67 bits per heavy atom. The summed E-state index contributed by atoms with van der Waals surface area (Å²) >= 11 is 0. The van der Waals surface area contributed by atoms with Crippen LogP contribution in [0.3, 0.4) is 0 Å². The van der Waals surface area contributed by atoms with Crippen LogP contribution in [0.15, 0.2) is 23.2 Å². The van der Waals surface area contributed by atoms with Gasteiger partial charge in [0.2, 0.25) is 10.0 Å². The molecule has 2 aliphatic heterocycles. The van der Waals surface area contributed by atoms with Crippen LogP contribution in [0.5, 0.6) is 0 Å². The van der Waals surface area contributed by atoms with E-state index in [9.17, 15) is 26.4 Å². The zero-order valence-electron chi connectivity index (χ0n) is 15.0. The molecule has 2 aliphatic rings. The van der Waals surface area contributed by atoms with Gasteiger partial charge in [-0.3, -0.25) is 9.78 Å². The van der Waals surface area contributed by atoms with Crippen LogP contribution in [0.2, 0.25) is 0 Å². The van der Waals surface area contributed by atoms with Crippen molar-refractivity contribution in [2.75, 3.05) is 6.61 Å². The van der Waals surface area contributed by atoms with Gasteiger partial charge in [-0.1, -0.05) is 6.92 Å². The van der Waals surface area contributed by atoms with Crippen molar-refractivity contribution in [1.29, 1.82) is 0 Å². The van der Waals surface area contributed by atoms with Gasteiger partial charge in [0, 0.05) is 18.3 Å². The Labute approximate surface area is 155 Å². The van der Waals surface area contributed by atoms with Gasteiger partial charge in [-0.05, 0) is 44.7 Å². The molecule has 2 fully saturated rings. The lowest BCUT2D eigenvalue weighted by atomic mass is 9.72. The number of carbonyl (C=O) groups excluding carboxylic acids is 1. The number of fused-ring (bicyclic) bond motifs is 2. The summed E-state index contributed by atoms with van der Waals surface area (Å²) in [5.74, 6) is -0.484. The highest BCUT2D eigenvalue weighted by molar-refractivity contribution is 7.89. The van der Waals surface area contributed by atoms with E-state index >= 15 is 0 Å². The van der Waals surface area contributed by atoms with Crippen LogP contribution in [-0.4, -0.2) is 42.4 Å². The summed E-state index contributed by atoms with van der Waals surface area (Å²) in [7, 11) is -4.47. The Kier molecular flexibility index (Phi) is 5.00. The first-order valence-electron chi connectivity index (χ1n) is 8.82. The molecule has 1 aromatic heterocycles. The molecule has 1 aromatic rings. The quantitative estimate of drug-likeness (QED) is 0.703. The number of ether oxygens (including phenoxy) is 1. The lowest BCUT2D eigenvalue weighted by Gasteiger charge is -2.34. The Morgan fingerprint density at radius 2 is 2.07 bits per heavy atom. The van der Waals surface area contributed by atoms with Crippen LogP contribution < -0.4 is 0 Å². The van der Waals surface area contributed by atoms with Gasteiger partial charge < -0.3 is 4.74 Å². The van der Waals surface area contributed by atoms with Crippen molar-refractivity contribution in [3.8, 4) is 0 Å². The molecule has 0 aromatic carbocycles. The molecule has 2 bridgehead atoms. The predicted octanol–water partition coefficient (Wildman–Crippen LogP) is 2.99. The summed E-state index contributed by atoms with van der Waals surface area (Å²) in [6.07, 6.45) is -2.45. The third-order valence-corrected chi connectivity index (χ3v) is 7.58. The largest absolute Gasteiger partial charge is 0.466 e. The molecule has 3 rings (SSSR count). The van der Waals surface area contributed by atoms with Crippen molar-refractivity contribution < 1.29 is 31.1 Å². The number of rotatable bonds is 5. The first-order chi connectivity index (χ1) is 12.6. The molecule has 3 atom stereocenters. The lowest BCUT2D eigenvalue weighted by molar-refractivity contribution is -0.157. The minimum absolute atomic E-state index is 0.158. The third-order valence-electron chi connectivity index (χ3n) is 5.59. The summed E-state index contributed by atoms with van der Waals surface area (Å²) in [6.45, 7) is 3.59. The van der Waals surface area contributed by atoms with Crippen molar-refractivity contribution in [2.24, 2.45) is 5.41 Å². The zero-order valence-corrected chi connectivity index (χ0v) is 15.8. The number of halogens is 3. The Hall–Kier alpha value is -1.68. The SMILES string of the molecule is CCOC(=O)[C@]1(CC)C[C@@H]2CC[C@H]1N2S(=O)(=O)c1cccnc1C(F)(F)F. The number of pyridine rings is 1. The third kappa shape index (κ3) is 3.02. The Balaban J connectivity index is 2.07. The Bertz CT molecular complexity index is 843. The van der Waals surface area contributed by atoms with E-state index < -0.39 is 50.3 Å². The number of hydrogen-bond donors (Lipinski definition) is 0. The molecule has 0 spiro atoms. The second-order valence-corrected chi connectivity index (χ2v) is 8.68. The van der Waals surface area contributed by atoms with Crippen molar-refractivity contribution in [3.63, 3.8) is 0 Å². The van der Waals surface area contributed by atoms with Gasteiger partial charge in [0.15, 0.2) is 5.69 Å². The van der Waals surface area contributed by atoms with E-state index in [-0.39, 0.29) is 13.0 Å². The monoisotopic (exact) mass is 406 g/mol. The van der Waals surface area contributed by atoms with E-state index in [1.807, 2.05) is 0 Å². The molecule has 0 saturated carbocycles. The van der Waals surface area contributed by atoms with Gasteiger partial charge in [0.1, 0.15) is 4.90 Å². The molecular weight excluding hydrogens is 385 g/mol. The molecule has 6 nitrogen and oxygen atoms in total. The van der Waals surface area contributed by atoms with Gasteiger partial charge in [-0.25, -0.2) is 8.42 Å². The number of hydrogen-bond acceptors (Lipinski definition) is 5. The minimum atomic E-state index is -4.90. The number of carbonyl (C=O) groups is 1. The predicted molar refractivity (Wildman–Crippen MR) is 89.0 cm³/mol. The Morgan fingerprint density at radius 1 is 1.37 bits per heavy atom. The second kappa shape index (κ2) is 6.73. The maximum absolute atomic E-state index is 13.3. The summed E-state index contributed by atoms with van der Waals surface area (Å²) < 4.78 is 72.5. The molecule has 0 N–H and O–H groups in total. The van der Waals surface area contributed by atoms with E-state index in [2.05, 4.69) is 4.98 Å². The summed E-state index contributed by atoms with van der Waals surface area (Å²) in [5, 5.41) is 0. The fourth-order valence-corrected chi connectivity index (χ4v) is 6.54. The minimum Gasteiger partial charge on any atom is -0.466 e. The van der Waals surface area contributed by atoms with Crippen molar-refractivity contribution in [3.05, 3.63) is 24.0 Å². The number of sulfonamides is 1. The van der Waals surface area contributed by atoms with Crippen LogP contribution in [0.4, 0.5) is 13.2 Å². The summed E-state index contributed by atoms with van der Waals surface area (Å²) in [5.41, 5.74) is -2.46. The maximum Gasteiger partial charge on any atom is 0.434 e. The molecular formula is C17H21F3N2O4S. The van der Waals surface area contributed by atoms with Crippen molar-refractivity contribution in [2.45, 2.75) is 62.7 Å². The topological polar surface area (TPSA) is 76.6 Å². The average molecular weight is 406 g/mol. The van der Waals surface area contributed by atoms with Gasteiger partial charge in [0.25, 0.3) is 0 Å². The van der Waals surface area contributed by atoms with E-state index in [1.165, 1.54) is 6.07 Å². The van der Waals surface area contributed by atoms with Crippen LogP contribution in [0.25, 0.3) is 0 Å². The molecule has 3 heterocycles. The summed E-state index contributed by atoms with van der Waals surface area (Å²) in [6, 6.07) is 0.850. The number of aromatic nitrogens is 1. The van der Waals surface area contributed by atoms with Gasteiger partial charge in [-0.15, -0.1) is 0 Å². The van der Waals surface area contributed by atoms with Crippen LogP contribution in [0.1, 0.15) is 45.2 Å². The maximum atomic E-state index is 13.3. The highest BCUT2D eigenvalue weighted by Crippen LogP contribution is 2.54. The molecule has 150 valence electrons. The number of esters is 1. The zero-order chi connectivity index (χ0) is 20.0. The molecule has 0 radical (unpaired) electrons. The van der Waals surface area contributed by atoms with Crippen LogP contribution >= 0.6 is 0 Å². The van der Waals surface area contributed by atoms with Gasteiger partial charge >= 0.3 is 12.1 Å². The molecule has 10 heteroatoms. The van der Waals surface area contributed by atoms with E-state index in [1.54, 1.807) is 13.8 Å².